The highest BCUT2D eigenvalue weighted by atomic mass is 35.5. The second-order valence-corrected chi connectivity index (χ2v) is 10.7. The number of hydrogen-bond acceptors (Lipinski definition) is 7. The zero-order chi connectivity index (χ0) is 26.7. The summed E-state index contributed by atoms with van der Waals surface area (Å²) >= 11 is 5.89. The van der Waals surface area contributed by atoms with Crippen molar-refractivity contribution in [1.82, 2.24) is 24.8 Å². The van der Waals surface area contributed by atoms with Crippen LogP contribution >= 0.6 is 11.6 Å². The van der Waals surface area contributed by atoms with Crippen LogP contribution in [0.25, 0.3) is 10.9 Å². The van der Waals surface area contributed by atoms with E-state index in [-0.39, 0.29) is 40.2 Å². The zero-order valence-electron chi connectivity index (χ0n) is 21.4. The molecular formula is C27H32ClF3N6O. The molecule has 2 saturated heterocycles. The van der Waals surface area contributed by atoms with Gasteiger partial charge in [-0.3, -0.25) is 4.90 Å². The number of hydrogen-bond donors (Lipinski definition) is 0. The van der Waals surface area contributed by atoms with Crippen molar-refractivity contribution >= 4 is 28.3 Å². The van der Waals surface area contributed by atoms with Gasteiger partial charge in [0, 0.05) is 64.3 Å². The summed E-state index contributed by atoms with van der Waals surface area (Å²) in [5.41, 5.74) is 1.24. The summed E-state index contributed by atoms with van der Waals surface area (Å²) in [6.07, 6.45) is 1.44. The highest BCUT2D eigenvalue weighted by Crippen LogP contribution is 2.34. The number of benzene rings is 1. The van der Waals surface area contributed by atoms with Crippen LogP contribution in [-0.4, -0.2) is 83.1 Å². The second-order valence-electron chi connectivity index (χ2n) is 10.3. The summed E-state index contributed by atoms with van der Waals surface area (Å²) in [4.78, 5) is 18.8. The van der Waals surface area contributed by atoms with Crippen LogP contribution in [0.4, 0.5) is 19.0 Å². The maximum atomic E-state index is 14.8. The molecule has 1 atom stereocenters. The molecule has 11 heteroatoms. The monoisotopic (exact) mass is 548 g/mol. The van der Waals surface area contributed by atoms with Crippen molar-refractivity contribution in [3.05, 3.63) is 53.1 Å². The van der Waals surface area contributed by atoms with Crippen LogP contribution in [0.15, 0.2) is 36.5 Å². The van der Waals surface area contributed by atoms with Crippen molar-refractivity contribution in [2.45, 2.75) is 32.2 Å². The van der Waals surface area contributed by atoms with Crippen molar-refractivity contribution in [3.63, 3.8) is 0 Å². The fourth-order valence-corrected chi connectivity index (χ4v) is 5.27. The molecule has 0 spiro atoms. The summed E-state index contributed by atoms with van der Waals surface area (Å²) in [7, 11) is 0. The summed E-state index contributed by atoms with van der Waals surface area (Å²) in [6, 6.07) is 10.4. The van der Waals surface area contributed by atoms with Crippen LogP contribution < -0.4 is 9.64 Å². The number of ether oxygens (including phenoxy) is 1. The van der Waals surface area contributed by atoms with Crippen molar-refractivity contribution in [1.29, 1.82) is 0 Å². The fourth-order valence-electron chi connectivity index (χ4n) is 5.13. The first kappa shape index (κ1) is 26.9. The summed E-state index contributed by atoms with van der Waals surface area (Å²) in [5, 5.41) is -0.102. The van der Waals surface area contributed by atoms with Gasteiger partial charge in [0.05, 0.1) is 18.5 Å². The Morgan fingerprint density at radius 3 is 2.53 bits per heavy atom. The normalized spacial score (nSPS) is 19.6. The number of nitrogens with zero attached hydrogens (tertiary/aromatic N) is 6. The number of piperidine rings is 1. The summed E-state index contributed by atoms with van der Waals surface area (Å²) < 4.78 is 49.0. The third-order valence-corrected chi connectivity index (χ3v) is 7.34. The van der Waals surface area contributed by atoms with Crippen LogP contribution in [0.2, 0.25) is 5.15 Å². The van der Waals surface area contributed by atoms with Gasteiger partial charge in [0.1, 0.15) is 11.3 Å². The number of fused-ring (bicyclic) bond motifs is 1. The molecule has 1 unspecified atom stereocenters. The predicted molar refractivity (Wildman–Crippen MR) is 142 cm³/mol. The molecule has 1 aromatic carbocycles. The van der Waals surface area contributed by atoms with Gasteiger partial charge in [-0.1, -0.05) is 48.9 Å². The first-order chi connectivity index (χ1) is 18.3. The molecule has 4 heterocycles. The molecule has 0 amide bonds. The minimum atomic E-state index is -2.85. The number of halogens is 4. The molecule has 2 aliphatic rings. The van der Waals surface area contributed by atoms with E-state index in [2.05, 4.69) is 55.9 Å². The molecule has 204 valence electrons. The minimum absolute atomic E-state index is 0.0536. The van der Waals surface area contributed by atoms with Crippen LogP contribution in [0, 0.1) is 11.7 Å². The van der Waals surface area contributed by atoms with Crippen LogP contribution in [-0.2, 0) is 6.54 Å². The Bertz CT molecular complexity index is 1240. The molecule has 2 aromatic heterocycles. The topological polar surface area (TPSA) is 57.6 Å². The highest BCUT2D eigenvalue weighted by Gasteiger charge is 2.36. The van der Waals surface area contributed by atoms with Gasteiger partial charge in [0.15, 0.2) is 11.0 Å². The maximum Gasteiger partial charge on any atom is 0.319 e. The average molecular weight is 549 g/mol. The minimum Gasteiger partial charge on any atom is -0.463 e. The summed E-state index contributed by atoms with van der Waals surface area (Å²) in [5.74, 6) is -3.32. The lowest BCUT2D eigenvalue weighted by molar-refractivity contribution is -0.0118. The smallest absolute Gasteiger partial charge is 0.319 e. The van der Waals surface area contributed by atoms with Gasteiger partial charge < -0.3 is 14.5 Å². The van der Waals surface area contributed by atoms with Crippen LogP contribution in [0.5, 0.6) is 6.01 Å². The lowest BCUT2D eigenvalue weighted by Gasteiger charge is -2.36. The molecule has 5 rings (SSSR count). The van der Waals surface area contributed by atoms with Crippen LogP contribution in [0.3, 0.4) is 0 Å². The lowest BCUT2D eigenvalue weighted by atomic mass is 10.1. The SMILES string of the molecule is CC(COc1nc(N2CCCC(F)(F)C2)c2cnc(Cl)c(F)c2n1)CN1CCN(Cc2ccccc2)CC1. The molecule has 0 bridgehead atoms. The Hall–Kier alpha value is -2.69. The Balaban J connectivity index is 1.22. The van der Waals surface area contributed by atoms with E-state index >= 15 is 0 Å². The number of alkyl halides is 2. The molecule has 0 radical (unpaired) electrons. The van der Waals surface area contributed by atoms with E-state index in [0.717, 1.165) is 39.3 Å². The standard InChI is InChI=1S/C27H32ClF3N6O/c1-19(15-35-10-12-36(13-11-35)16-20-6-3-2-4-7-20)17-38-26-33-23-21(14-32-24(28)22(23)29)25(34-26)37-9-5-8-27(30,31)18-37/h2-4,6-7,14,19H,5,8-13,15-18H2,1H3. The largest absolute Gasteiger partial charge is 0.463 e. The number of aromatic nitrogens is 3. The first-order valence-electron chi connectivity index (χ1n) is 13.0. The van der Waals surface area contributed by atoms with E-state index in [1.54, 1.807) is 0 Å². The Labute approximate surface area is 225 Å². The van der Waals surface area contributed by atoms with Gasteiger partial charge in [0.2, 0.25) is 0 Å². The number of pyridine rings is 1. The van der Waals surface area contributed by atoms with Gasteiger partial charge >= 0.3 is 6.01 Å². The van der Waals surface area contributed by atoms with E-state index in [9.17, 15) is 13.2 Å². The predicted octanol–water partition coefficient (Wildman–Crippen LogP) is 4.89. The average Bonchev–Trinajstić information content (AvgIpc) is 2.90. The van der Waals surface area contributed by atoms with Gasteiger partial charge in [-0.25, -0.2) is 18.2 Å². The quantitative estimate of drug-likeness (QED) is 0.372. The number of rotatable bonds is 8. The fraction of sp³-hybridized carbons (Fsp3) is 0.519. The molecule has 0 aliphatic carbocycles. The van der Waals surface area contributed by atoms with E-state index in [1.165, 1.54) is 16.7 Å². The van der Waals surface area contributed by atoms with Gasteiger partial charge in [0.25, 0.3) is 5.92 Å². The Kier molecular flexibility index (Phi) is 8.20. The molecule has 2 fully saturated rings. The van der Waals surface area contributed by atoms with Gasteiger partial charge in [-0.2, -0.15) is 9.97 Å². The summed E-state index contributed by atoms with van der Waals surface area (Å²) in [6.45, 7) is 7.96. The molecule has 0 saturated carbocycles. The molecular weight excluding hydrogens is 517 g/mol. The van der Waals surface area contributed by atoms with Crippen molar-refractivity contribution < 1.29 is 17.9 Å². The van der Waals surface area contributed by atoms with E-state index < -0.39 is 18.3 Å². The lowest BCUT2D eigenvalue weighted by Crippen LogP contribution is -2.47. The van der Waals surface area contributed by atoms with E-state index in [0.29, 0.717) is 19.6 Å². The molecule has 2 aliphatic heterocycles. The third-order valence-electron chi connectivity index (χ3n) is 7.07. The van der Waals surface area contributed by atoms with Crippen molar-refractivity contribution in [3.8, 4) is 6.01 Å². The number of anilines is 1. The third kappa shape index (κ3) is 6.47. The van der Waals surface area contributed by atoms with E-state index in [4.69, 9.17) is 16.3 Å². The van der Waals surface area contributed by atoms with Crippen molar-refractivity contribution in [2.75, 3.05) is 57.3 Å². The zero-order valence-corrected chi connectivity index (χ0v) is 22.2. The molecule has 7 nitrogen and oxygen atoms in total. The van der Waals surface area contributed by atoms with Gasteiger partial charge in [-0.05, 0) is 12.0 Å². The maximum absolute atomic E-state index is 14.8. The highest BCUT2D eigenvalue weighted by molar-refractivity contribution is 6.30. The van der Waals surface area contributed by atoms with Crippen molar-refractivity contribution in [2.24, 2.45) is 5.92 Å². The first-order valence-corrected chi connectivity index (χ1v) is 13.4. The molecule has 0 N–H and O–H groups in total. The second kappa shape index (κ2) is 11.6. The Morgan fingerprint density at radius 1 is 1.05 bits per heavy atom. The molecule has 38 heavy (non-hydrogen) atoms. The van der Waals surface area contributed by atoms with E-state index in [1.807, 2.05) is 6.07 Å². The number of piperazine rings is 1. The van der Waals surface area contributed by atoms with Crippen LogP contribution in [0.1, 0.15) is 25.3 Å². The Morgan fingerprint density at radius 2 is 1.79 bits per heavy atom. The molecule has 3 aromatic rings. The van der Waals surface area contributed by atoms with Gasteiger partial charge in [-0.15, -0.1) is 0 Å².